The molecule has 246 valence electrons. The van der Waals surface area contributed by atoms with Crippen molar-refractivity contribution in [3.8, 4) is 17.2 Å². The number of rotatable bonds is 6. The molecule has 0 spiro atoms. The summed E-state index contributed by atoms with van der Waals surface area (Å²) in [4.78, 5) is 77.7. The Morgan fingerprint density at radius 1 is 0.375 bits per heavy atom. The maximum absolute atomic E-state index is 13.1. The number of phenolic OH excluding ortho intramolecular Hbond substituents is 3. The van der Waals surface area contributed by atoms with Gasteiger partial charge >= 0.3 is 35.8 Å². The summed E-state index contributed by atoms with van der Waals surface area (Å²) in [7, 11) is 0. The van der Waals surface area contributed by atoms with E-state index in [1.165, 1.54) is 18.2 Å². The molecule has 0 unspecified atom stereocenters. The Hall–Kier alpha value is -3.42. The van der Waals surface area contributed by atoms with Crippen LogP contribution in [0.5, 0.6) is 17.2 Å². The third kappa shape index (κ3) is 8.59. The lowest BCUT2D eigenvalue weighted by Crippen LogP contribution is -2.19. The van der Waals surface area contributed by atoms with Gasteiger partial charge in [-0.1, -0.05) is 47.8 Å². The fourth-order valence-electron chi connectivity index (χ4n) is 3.74. The van der Waals surface area contributed by atoms with Crippen LogP contribution < -0.4 is 0 Å². The second-order valence-corrected chi connectivity index (χ2v) is 14.5. The van der Waals surface area contributed by atoms with Gasteiger partial charge in [0.1, 0.15) is 33.9 Å². The number of phenols is 3. The van der Waals surface area contributed by atoms with Gasteiger partial charge in [0.2, 0.25) is 0 Å². The molecule has 0 heterocycles. The van der Waals surface area contributed by atoms with Gasteiger partial charge in [-0.3, -0.25) is 0 Å². The summed E-state index contributed by atoms with van der Waals surface area (Å²) in [5, 5.41) is 30.8. The van der Waals surface area contributed by atoms with Crippen LogP contribution in [0.4, 0.5) is 0 Å². The summed E-state index contributed by atoms with van der Waals surface area (Å²) in [5.74, 6) is -9.94. The molecule has 18 heteroatoms. The second-order valence-electron chi connectivity index (χ2n) is 9.18. The molecule has 0 amide bonds. The highest BCUT2D eigenvalue weighted by molar-refractivity contribution is 9.11. The Morgan fingerprint density at radius 2 is 0.604 bits per heavy atom. The van der Waals surface area contributed by atoms with Crippen molar-refractivity contribution >= 4 is 131 Å². The number of aromatic hydroxyl groups is 3. The first kappa shape index (κ1) is 37.4. The van der Waals surface area contributed by atoms with Crippen molar-refractivity contribution in [2.24, 2.45) is 0 Å². The van der Waals surface area contributed by atoms with Gasteiger partial charge in [-0.25, -0.2) is 28.8 Å². The maximum Gasteiger partial charge on any atom is 0.349 e. The van der Waals surface area contributed by atoms with Crippen LogP contribution in [0, 0.1) is 0 Å². The van der Waals surface area contributed by atoms with E-state index < -0.39 is 86.4 Å². The fourth-order valence-corrected chi connectivity index (χ4v) is 7.42. The van der Waals surface area contributed by atoms with Gasteiger partial charge < -0.3 is 29.5 Å². The molecule has 0 aliphatic carbocycles. The average Bonchev–Trinajstić information content (AvgIpc) is 3.01. The molecular formula is C30H12Br6O12. The highest BCUT2D eigenvalue weighted by Crippen LogP contribution is 2.35. The highest BCUT2D eigenvalue weighted by atomic mass is 79.9. The first-order valence-electron chi connectivity index (χ1n) is 12.5. The second kappa shape index (κ2) is 15.4. The van der Waals surface area contributed by atoms with Crippen molar-refractivity contribution in [3.63, 3.8) is 0 Å². The smallest absolute Gasteiger partial charge is 0.349 e. The van der Waals surface area contributed by atoms with E-state index in [2.05, 4.69) is 95.6 Å². The Morgan fingerprint density at radius 3 is 0.833 bits per heavy atom. The van der Waals surface area contributed by atoms with Crippen LogP contribution >= 0.6 is 95.6 Å². The van der Waals surface area contributed by atoms with Crippen molar-refractivity contribution in [3.05, 3.63) is 115 Å². The standard InChI is InChI=1S/C30H12Br6O12/c31-13-4-16(22(37)19(34)7-13)28(43)46-25(40)10-1-11(26(41)47-29(44)17-5-14(32)8-20(35)23(17)38)3-12(2-10)27(42)48-30(45)18-6-15(33)9-21(36)24(18)39/h1-9,37-39H. The zero-order chi connectivity index (χ0) is 35.6. The predicted molar refractivity (Wildman–Crippen MR) is 186 cm³/mol. The monoisotopic (exact) mass is 1040 g/mol. The molecule has 4 aromatic rings. The number of hydrogen-bond donors (Lipinski definition) is 3. The van der Waals surface area contributed by atoms with E-state index in [-0.39, 0.29) is 13.4 Å². The van der Waals surface area contributed by atoms with Gasteiger partial charge in [-0.15, -0.1) is 0 Å². The van der Waals surface area contributed by atoms with Gasteiger partial charge in [0, 0.05) is 13.4 Å². The zero-order valence-electron chi connectivity index (χ0n) is 23.0. The lowest BCUT2D eigenvalue weighted by Gasteiger charge is -2.11. The quantitative estimate of drug-likeness (QED) is 0.0952. The Balaban J connectivity index is 1.71. The molecule has 0 atom stereocenters. The number of carbonyl (C=O) groups excluding carboxylic acids is 6. The predicted octanol–water partition coefficient (Wildman–Crippen LogP) is 8.37. The molecule has 12 nitrogen and oxygen atoms in total. The molecule has 0 saturated carbocycles. The molecule has 48 heavy (non-hydrogen) atoms. The van der Waals surface area contributed by atoms with Crippen LogP contribution in [0.1, 0.15) is 62.1 Å². The number of esters is 6. The van der Waals surface area contributed by atoms with E-state index in [4.69, 9.17) is 14.2 Å². The molecule has 4 aromatic carbocycles. The number of ether oxygens (including phenoxy) is 3. The van der Waals surface area contributed by atoms with Crippen LogP contribution in [0.25, 0.3) is 0 Å². The van der Waals surface area contributed by atoms with Crippen LogP contribution in [-0.4, -0.2) is 51.1 Å². The molecule has 0 saturated heterocycles. The van der Waals surface area contributed by atoms with Crippen LogP contribution in [0.3, 0.4) is 0 Å². The zero-order valence-corrected chi connectivity index (χ0v) is 32.5. The molecular weight excluding hydrogens is 1030 g/mol. The van der Waals surface area contributed by atoms with E-state index >= 15 is 0 Å². The van der Waals surface area contributed by atoms with Gasteiger partial charge in [0.25, 0.3) is 0 Å². The Kier molecular flexibility index (Phi) is 12.0. The summed E-state index contributed by atoms with van der Waals surface area (Å²) >= 11 is 18.6. The minimum atomic E-state index is -1.43. The summed E-state index contributed by atoms with van der Waals surface area (Å²) in [6, 6.07) is 10.2. The van der Waals surface area contributed by atoms with E-state index in [0.29, 0.717) is 13.4 Å². The first-order chi connectivity index (χ1) is 22.5. The van der Waals surface area contributed by atoms with E-state index in [9.17, 15) is 44.1 Å². The van der Waals surface area contributed by atoms with Crippen LogP contribution in [0.2, 0.25) is 0 Å². The summed E-state index contributed by atoms with van der Waals surface area (Å²) < 4.78 is 15.9. The highest BCUT2D eigenvalue weighted by Gasteiger charge is 2.27. The summed E-state index contributed by atoms with van der Waals surface area (Å²) in [6.07, 6.45) is 0. The third-order valence-corrected chi connectivity index (χ3v) is 9.13. The maximum atomic E-state index is 13.1. The molecule has 3 N–H and O–H groups in total. The normalized spacial score (nSPS) is 10.6. The molecule has 0 aliphatic rings. The molecule has 0 aliphatic heterocycles. The van der Waals surface area contributed by atoms with Gasteiger partial charge in [-0.05, 0) is 102 Å². The van der Waals surface area contributed by atoms with Crippen LogP contribution in [-0.2, 0) is 14.2 Å². The van der Waals surface area contributed by atoms with E-state index in [1.807, 2.05) is 0 Å². The van der Waals surface area contributed by atoms with Crippen molar-refractivity contribution in [2.45, 2.75) is 0 Å². The molecule has 4 rings (SSSR count). The van der Waals surface area contributed by atoms with Gasteiger partial charge in [-0.2, -0.15) is 0 Å². The SMILES string of the molecule is O=C(OC(=O)c1cc(Br)cc(Br)c1O)c1cc(C(=O)OC(=O)c2cc(Br)cc(Br)c2O)cc(C(=O)OC(=O)c2cc(Br)cc(Br)c2O)c1. The lowest BCUT2D eigenvalue weighted by atomic mass is 10.1. The number of hydrogen-bond acceptors (Lipinski definition) is 12. The summed E-state index contributed by atoms with van der Waals surface area (Å²) in [5.41, 5.74) is -3.18. The van der Waals surface area contributed by atoms with Crippen molar-refractivity contribution in [1.29, 1.82) is 0 Å². The number of halogens is 6. The molecule has 0 bridgehead atoms. The van der Waals surface area contributed by atoms with Crippen molar-refractivity contribution in [2.75, 3.05) is 0 Å². The molecule has 0 fully saturated rings. The van der Waals surface area contributed by atoms with Gasteiger partial charge in [0.05, 0.1) is 30.1 Å². The fraction of sp³-hybridized carbons (Fsp3) is 0. The van der Waals surface area contributed by atoms with E-state index in [1.54, 1.807) is 0 Å². The van der Waals surface area contributed by atoms with Crippen molar-refractivity contribution < 1.29 is 58.3 Å². The van der Waals surface area contributed by atoms with Gasteiger partial charge in [0.15, 0.2) is 0 Å². The lowest BCUT2D eigenvalue weighted by molar-refractivity contribution is 0.0384. The van der Waals surface area contributed by atoms with E-state index in [0.717, 1.165) is 36.4 Å². The third-order valence-electron chi connectivity index (χ3n) is 5.94. The topological polar surface area (TPSA) is 191 Å². The minimum Gasteiger partial charge on any atom is -0.506 e. The summed E-state index contributed by atoms with van der Waals surface area (Å²) in [6.45, 7) is 0. The number of carbonyl (C=O) groups is 6. The molecule has 0 radical (unpaired) electrons. The van der Waals surface area contributed by atoms with Crippen LogP contribution in [0.15, 0.2) is 81.4 Å². The molecule has 0 aromatic heterocycles. The Labute approximate surface area is 319 Å². The first-order valence-corrected chi connectivity index (χ1v) is 17.2. The Bertz CT molecular complexity index is 1830. The minimum absolute atomic E-state index is 0.0902. The number of benzene rings is 4. The largest absolute Gasteiger partial charge is 0.506 e. The van der Waals surface area contributed by atoms with Crippen molar-refractivity contribution in [1.82, 2.24) is 0 Å². The average molecular weight is 1040 g/mol.